The quantitative estimate of drug-likeness (QED) is 0.447. The molecule has 130 valence electrons. The summed E-state index contributed by atoms with van der Waals surface area (Å²) in [7, 11) is 1.67. The van der Waals surface area contributed by atoms with Crippen LogP contribution in [0.5, 0.6) is 5.75 Å². The van der Waals surface area contributed by atoms with E-state index in [4.69, 9.17) is 14.8 Å². The number of hydrogen-bond donors (Lipinski definition) is 0. The maximum absolute atomic E-state index is 5.25. The van der Waals surface area contributed by atoms with Crippen molar-refractivity contribution in [3.05, 3.63) is 85.1 Å². The minimum absolute atomic E-state index is 0.831. The van der Waals surface area contributed by atoms with Gasteiger partial charge in [-0.05, 0) is 24.3 Å². The fraction of sp³-hybridized carbons (Fsp3) is 0.0435. The van der Waals surface area contributed by atoms with Crippen LogP contribution in [0.4, 0.5) is 0 Å². The molecule has 0 aliphatic carbocycles. The molecule has 5 aromatic rings. The van der Waals surface area contributed by atoms with E-state index in [1.54, 1.807) is 7.11 Å². The molecule has 0 radical (unpaired) electrons. The highest BCUT2D eigenvalue weighted by Gasteiger charge is 2.13. The Hall–Kier alpha value is -3.66. The molecule has 0 amide bonds. The smallest absolute Gasteiger partial charge is 0.162 e. The molecule has 4 heteroatoms. The predicted molar refractivity (Wildman–Crippen MR) is 108 cm³/mol. The van der Waals surface area contributed by atoms with Gasteiger partial charge in [-0.15, -0.1) is 0 Å². The van der Waals surface area contributed by atoms with Gasteiger partial charge >= 0.3 is 0 Å². The first kappa shape index (κ1) is 15.6. The SMILES string of the molecule is COc1ccc(-c2cn3nc(-c4ccccc4)c4ccccc4c3n2)cc1. The topological polar surface area (TPSA) is 39.4 Å². The van der Waals surface area contributed by atoms with Crippen LogP contribution in [0.2, 0.25) is 0 Å². The fourth-order valence-electron chi connectivity index (χ4n) is 3.39. The van der Waals surface area contributed by atoms with Crippen LogP contribution in [0.15, 0.2) is 85.1 Å². The summed E-state index contributed by atoms with van der Waals surface area (Å²) in [5, 5.41) is 7.07. The van der Waals surface area contributed by atoms with E-state index in [1.807, 2.05) is 65.3 Å². The molecule has 0 atom stereocenters. The van der Waals surface area contributed by atoms with Crippen molar-refractivity contribution < 1.29 is 4.74 Å². The van der Waals surface area contributed by atoms with Gasteiger partial charge in [0.05, 0.1) is 24.7 Å². The van der Waals surface area contributed by atoms with Gasteiger partial charge in [0.25, 0.3) is 0 Å². The predicted octanol–water partition coefficient (Wildman–Crippen LogP) is 5.23. The van der Waals surface area contributed by atoms with Crippen molar-refractivity contribution in [1.82, 2.24) is 14.6 Å². The monoisotopic (exact) mass is 351 g/mol. The number of aromatic nitrogens is 3. The number of nitrogens with zero attached hydrogens (tertiary/aromatic N) is 3. The van der Waals surface area contributed by atoms with E-state index in [2.05, 4.69) is 24.3 Å². The van der Waals surface area contributed by atoms with Crippen molar-refractivity contribution in [2.75, 3.05) is 7.11 Å². The summed E-state index contributed by atoms with van der Waals surface area (Å²) in [6, 6.07) is 26.5. The van der Waals surface area contributed by atoms with Gasteiger partial charge in [-0.2, -0.15) is 5.10 Å². The summed E-state index contributed by atoms with van der Waals surface area (Å²) in [5.41, 5.74) is 4.83. The van der Waals surface area contributed by atoms with E-state index in [0.717, 1.165) is 44.7 Å². The average Bonchev–Trinajstić information content (AvgIpc) is 3.18. The Morgan fingerprint density at radius 3 is 2.19 bits per heavy atom. The second kappa shape index (κ2) is 6.25. The standard InChI is InChI=1S/C23H17N3O/c1-27-18-13-11-16(12-14-18)21-15-26-23(24-21)20-10-6-5-9-19(20)22(25-26)17-7-3-2-4-8-17/h2-15H,1H3. The zero-order valence-corrected chi connectivity index (χ0v) is 14.8. The van der Waals surface area contributed by atoms with E-state index in [-0.39, 0.29) is 0 Å². The molecular formula is C23H17N3O. The van der Waals surface area contributed by atoms with Gasteiger partial charge in [-0.25, -0.2) is 9.50 Å². The van der Waals surface area contributed by atoms with Crippen molar-refractivity contribution in [2.24, 2.45) is 0 Å². The lowest BCUT2D eigenvalue weighted by Gasteiger charge is -2.07. The number of ether oxygens (including phenoxy) is 1. The fourth-order valence-corrected chi connectivity index (χ4v) is 3.39. The molecular weight excluding hydrogens is 334 g/mol. The van der Waals surface area contributed by atoms with Gasteiger partial charge in [0.15, 0.2) is 5.65 Å². The Bertz CT molecular complexity index is 1240. The molecule has 2 aromatic heterocycles. The largest absolute Gasteiger partial charge is 0.497 e. The maximum Gasteiger partial charge on any atom is 0.162 e. The summed E-state index contributed by atoms with van der Waals surface area (Å²) >= 11 is 0. The summed E-state index contributed by atoms with van der Waals surface area (Å²) in [5.74, 6) is 0.831. The molecule has 0 saturated carbocycles. The van der Waals surface area contributed by atoms with Crippen LogP contribution in [-0.4, -0.2) is 21.7 Å². The van der Waals surface area contributed by atoms with Crippen molar-refractivity contribution in [3.63, 3.8) is 0 Å². The Labute approximate surface area is 156 Å². The molecule has 0 saturated heterocycles. The summed E-state index contributed by atoms with van der Waals surface area (Å²) in [6.07, 6.45) is 1.98. The molecule has 5 rings (SSSR count). The first-order chi connectivity index (χ1) is 13.3. The van der Waals surface area contributed by atoms with E-state index in [0.29, 0.717) is 0 Å². The van der Waals surface area contributed by atoms with Crippen molar-refractivity contribution in [1.29, 1.82) is 0 Å². The lowest BCUT2D eigenvalue weighted by Crippen LogP contribution is -1.96. The van der Waals surface area contributed by atoms with Crippen LogP contribution in [0.1, 0.15) is 0 Å². The zero-order chi connectivity index (χ0) is 18.2. The minimum Gasteiger partial charge on any atom is -0.497 e. The molecule has 2 heterocycles. The first-order valence-electron chi connectivity index (χ1n) is 8.81. The second-order valence-corrected chi connectivity index (χ2v) is 6.38. The highest BCUT2D eigenvalue weighted by atomic mass is 16.5. The van der Waals surface area contributed by atoms with E-state index < -0.39 is 0 Å². The van der Waals surface area contributed by atoms with Crippen molar-refractivity contribution >= 4 is 16.4 Å². The number of imidazole rings is 1. The summed E-state index contributed by atoms with van der Waals surface area (Å²) in [4.78, 5) is 4.86. The third-order valence-electron chi connectivity index (χ3n) is 4.75. The van der Waals surface area contributed by atoms with E-state index >= 15 is 0 Å². The van der Waals surface area contributed by atoms with Gasteiger partial charge < -0.3 is 4.74 Å². The number of benzene rings is 3. The van der Waals surface area contributed by atoms with Gasteiger partial charge in [0, 0.05) is 21.9 Å². The van der Waals surface area contributed by atoms with Gasteiger partial charge in [0.1, 0.15) is 5.75 Å². The van der Waals surface area contributed by atoms with Crippen LogP contribution in [-0.2, 0) is 0 Å². The molecule has 0 aliphatic heterocycles. The molecule has 0 bridgehead atoms. The Balaban J connectivity index is 1.76. The lowest BCUT2D eigenvalue weighted by atomic mass is 10.1. The minimum atomic E-state index is 0.831. The number of methoxy groups -OCH3 is 1. The number of fused-ring (bicyclic) bond motifs is 3. The molecule has 27 heavy (non-hydrogen) atoms. The Morgan fingerprint density at radius 2 is 1.44 bits per heavy atom. The van der Waals surface area contributed by atoms with Crippen LogP contribution in [0.3, 0.4) is 0 Å². The summed E-state index contributed by atoms with van der Waals surface area (Å²) in [6.45, 7) is 0. The molecule has 4 nitrogen and oxygen atoms in total. The van der Waals surface area contributed by atoms with Crippen LogP contribution in [0.25, 0.3) is 38.9 Å². The molecule has 3 aromatic carbocycles. The zero-order valence-electron chi connectivity index (χ0n) is 14.8. The van der Waals surface area contributed by atoms with E-state index in [1.165, 1.54) is 0 Å². The first-order valence-corrected chi connectivity index (χ1v) is 8.81. The Morgan fingerprint density at radius 1 is 0.741 bits per heavy atom. The van der Waals surface area contributed by atoms with Crippen LogP contribution in [0, 0.1) is 0 Å². The van der Waals surface area contributed by atoms with E-state index in [9.17, 15) is 0 Å². The third kappa shape index (κ3) is 2.62. The molecule has 0 spiro atoms. The summed E-state index contributed by atoms with van der Waals surface area (Å²) < 4.78 is 7.13. The highest BCUT2D eigenvalue weighted by Crippen LogP contribution is 2.30. The normalized spacial score (nSPS) is 11.1. The van der Waals surface area contributed by atoms with Crippen LogP contribution >= 0.6 is 0 Å². The van der Waals surface area contributed by atoms with Crippen LogP contribution < -0.4 is 4.74 Å². The van der Waals surface area contributed by atoms with Gasteiger partial charge in [0.2, 0.25) is 0 Å². The average molecular weight is 351 g/mol. The lowest BCUT2D eigenvalue weighted by molar-refractivity contribution is 0.415. The molecule has 0 N–H and O–H groups in total. The molecule has 0 unspecified atom stereocenters. The highest BCUT2D eigenvalue weighted by molar-refractivity contribution is 6.01. The van der Waals surface area contributed by atoms with Gasteiger partial charge in [-0.3, -0.25) is 0 Å². The third-order valence-corrected chi connectivity index (χ3v) is 4.75. The Kier molecular flexibility index (Phi) is 3.61. The number of hydrogen-bond acceptors (Lipinski definition) is 3. The van der Waals surface area contributed by atoms with Crippen molar-refractivity contribution in [2.45, 2.75) is 0 Å². The second-order valence-electron chi connectivity index (χ2n) is 6.38. The molecule has 0 fully saturated rings. The molecule has 0 aliphatic rings. The maximum atomic E-state index is 5.25. The van der Waals surface area contributed by atoms with Crippen molar-refractivity contribution in [3.8, 4) is 28.3 Å². The number of rotatable bonds is 3. The van der Waals surface area contributed by atoms with Gasteiger partial charge in [-0.1, -0.05) is 54.6 Å².